The molecule has 7 nitrogen and oxygen atoms in total. The van der Waals surface area contributed by atoms with Crippen molar-refractivity contribution >= 4 is 40.4 Å². The maximum Gasteiger partial charge on any atom is 0.338 e. The molecule has 0 saturated heterocycles. The highest BCUT2D eigenvalue weighted by Crippen LogP contribution is 2.46. The van der Waals surface area contributed by atoms with Gasteiger partial charge in [-0.3, -0.25) is 4.79 Å². The van der Waals surface area contributed by atoms with E-state index in [2.05, 4.69) is 10.3 Å². The molecule has 1 N–H and O–H groups in total. The van der Waals surface area contributed by atoms with Gasteiger partial charge < -0.3 is 19.7 Å². The third kappa shape index (κ3) is 5.80. The minimum atomic E-state index is -0.618. The lowest BCUT2D eigenvalue weighted by Crippen LogP contribution is -2.38. The topological polar surface area (TPSA) is 80.2 Å². The van der Waals surface area contributed by atoms with Gasteiger partial charge in [0, 0.05) is 24.4 Å². The molecule has 2 aromatic rings. The molecule has 4 rings (SSSR count). The summed E-state index contributed by atoms with van der Waals surface area (Å²) in [4.78, 5) is 32.5. The molecule has 0 radical (unpaired) electrons. The number of fused-ring (bicyclic) bond motifs is 1. The van der Waals surface area contributed by atoms with Crippen molar-refractivity contribution in [2.75, 3.05) is 20.3 Å². The van der Waals surface area contributed by atoms with Crippen LogP contribution in [0.4, 0.5) is 4.39 Å². The summed E-state index contributed by atoms with van der Waals surface area (Å²) in [5, 5.41) is 5.84. The second kappa shape index (κ2) is 11.7. The minimum absolute atomic E-state index is 0.0548. The third-order valence-electron chi connectivity index (χ3n) is 5.69. The lowest BCUT2D eigenvalue weighted by Gasteiger charge is -2.36. The number of carbonyl (C=O) groups is 2. The predicted octanol–water partition coefficient (Wildman–Crippen LogP) is 4.95. The largest absolute Gasteiger partial charge is 0.460 e. The first kappa shape index (κ1) is 25.9. The molecule has 0 aliphatic carbocycles. The van der Waals surface area contributed by atoms with E-state index in [4.69, 9.17) is 21.1 Å². The number of amides is 1. The van der Waals surface area contributed by atoms with Crippen LogP contribution < -0.4 is 5.32 Å². The number of amidine groups is 1. The summed E-state index contributed by atoms with van der Waals surface area (Å²) in [6.45, 7) is 2.39. The molecule has 0 saturated carbocycles. The Morgan fingerprint density at radius 1 is 1.17 bits per heavy atom. The fourth-order valence-electron chi connectivity index (χ4n) is 3.95. The van der Waals surface area contributed by atoms with E-state index < -0.39 is 12.0 Å². The Morgan fingerprint density at radius 2 is 1.92 bits per heavy atom. The van der Waals surface area contributed by atoms with Crippen LogP contribution in [0, 0.1) is 5.82 Å². The highest BCUT2D eigenvalue weighted by molar-refractivity contribution is 8.16. The number of methoxy groups -OCH3 is 1. The van der Waals surface area contributed by atoms with Crippen LogP contribution in [-0.4, -0.2) is 42.3 Å². The monoisotopic (exact) mass is 529 g/mol. The normalized spacial score (nSPS) is 16.9. The molecule has 0 spiro atoms. The van der Waals surface area contributed by atoms with Crippen LogP contribution in [-0.2, 0) is 25.6 Å². The van der Waals surface area contributed by atoms with Crippen molar-refractivity contribution in [1.29, 1.82) is 0 Å². The quantitative estimate of drug-likeness (QED) is 0.366. The van der Waals surface area contributed by atoms with E-state index in [9.17, 15) is 14.0 Å². The molecule has 0 aromatic heterocycles. The molecule has 1 atom stereocenters. The Bertz CT molecular complexity index is 1250. The van der Waals surface area contributed by atoms with E-state index >= 15 is 0 Å². The van der Waals surface area contributed by atoms with Gasteiger partial charge in [0.05, 0.1) is 30.3 Å². The maximum absolute atomic E-state index is 13.2. The van der Waals surface area contributed by atoms with Crippen LogP contribution in [0.1, 0.15) is 30.5 Å². The van der Waals surface area contributed by atoms with E-state index in [0.29, 0.717) is 32.7 Å². The number of nitrogens with one attached hydrogen (secondary N) is 1. The van der Waals surface area contributed by atoms with Crippen LogP contribution >= 0.6 is 23.4 Å². The van der Waals surface area contributed by atoms with Crippen molar-refractivity contribution in [1.82, 2.24) is 10.2 Å². The van der Waals surface area contributed by atoms with Crippen LogP contribution in [0.2, 0.25) is 5.02 Å². The summed E-state index contributed by atoms with van der Waals surface area (Å²) in [5.74, 6) is -1.07. The summed E-state index contributed by atoms with van der Waals surface area (Å²) >= 11 is 7.96. The van der Waals surface area contributed by atoms with Gasteiger partial charge in [-0.1, -0.05) is 53.7 Å². The Morgan fingerprint density at radius 3 is 2.64 bits per heavy atom. The average Bonchev–Trinajstić information content (AvgIpc) is 3.25. The van der Waals surface area contributed by atoms with Gasteiger partial charge >= 0.3 is 5.97 Å². The highest BCUT2D eigenvalue weighted by Gasteiger charge is 2.41. The van der Waals surface area contributed by atoms with Crippen LogP contribution in [0.5, 0.6) is 0 Å². The van der Waals surface area contributed by atoms with Gasteiger partial charge in [0.1, 0.15) is 12.4 Å². The first-order valence-corrected chi connectivity index (χ1v) is 12.5. The third-order valence-corrected chi connectivity index (χ3v) is 6.92. The van der Waals surface area contributed by atoms with Gasteiger partial charge in [-0.25, -0.2) is 14.2 Å². The van der Waals surface area contributed by atoms with E-state index in [-0.39, 0.29) is 37.9 Å². The molecule has 36 heavy (non-hydrogen) atoms. The van der Waals surface area contributed by atoms with Crippen LogP contribution in [0.15, 0.2) is 75.9 Å². The SMILES string of the molecule is COCCOC(=O)C1=C(C)N=C2SC=C(CC(=O)NCc3ccc(F)cc3)N2[C@H]1c1ccccc1Cl. The van der Waals surface area contributed by atoms with Crippen molar-refractivity contribution in [2.24, 2.45) is 4.99 Å². The van der Waals surface area contributed by atoms with Crippen LogP contribution in [0.25, 0.3) is 0 Å². The van der Waals surface area contributed by atoms with E-state index in [1.54, 1.807) is 25.1 Å². The van der Waals surface area contributed by atoms with Crippen LogP contribution in [0.3, 0.4) is 0 Å². The molecule has 2 aliphatic rings. The Balaban J connectivity index is 1.58. The minimum Gasteiger partial charge on any atom is -0.460 e. The van der Waals surface area contributed by atoms with Crippen molar-refractivity contribution in [2.45, 2.75) is 25.9 Å². The standard InChI is InChI=1S/C26H25ClFN3O4S/c1-16-23(25(33)35-12-11-34-2)24(20-5-3-4-6-21(20)27)31-19(15-36-26(31)30-16)13-22(32)29-14-17-7-9-18(28)10-8-17/h3-10,15,24H,11-14H2,1-2H3,(H,29,32)/t24-/m0/s1. The van der Waals surface area contributed by atoms with E-state index in [1.165, 1.54) is 31.0 Å². The van der Waals surface area contributed by atoms with Gasteiger partial charge in [-0.05, 0) is 41.7 Å². The lowest BCUT2D eigenvalue weighted by atomic mass is 9.93. The number of allylic oxidation sites excluding steroid dienone is 1. The fraction of sp³-hybridized carbons (Fsp3) is 0.269. The second-order valence-electron chi connectivity index (χ2n) is 8.12. The molecule has 0 bridgehead atoms. The van der Waals surface area contributed by atoms with Gasteiger partial charge in [-0.15, -0.1) is 0 Å². The van der Waals surface area contributed by atoms with Crippen molar-refractivity contribution < 1.29 is 23.5 Å². The number of carbonyl (C=O) groups excluding carboxylic acids is 2. The number of hydrogen-bond donors (Lipinski definition) is 1. The molecular formula is C26H25ClFN3O4S. The van der Waals surface area contributed by atoms with E-state index in [0.717, 1.165) is 5.56 Å². The molecular weight excluding hydrogens is 505 g/mol. The number of halogens is 2. The summed E-state index contributed by atoms with van der Waals surface area (Å²) < 4.78 is 23.6. The number of thioether (sulfide) groups is 1. The average molecular weight is 530 g/mol. The zero-order valence-electron chi connectivity index (χ0n) is 19.8. The Labute approximate surface area is 218 Å². The number of esters is 1. The first-order chi connectivity index (χ1) is 17.4. The number of ether oxygens (including phenoxy) is 2. The molecule has 2 aliphatic heterocycles. The number of rotatable bonds is 9. The highest BCUT2D eigenvalue weighted by atomic mass is 35.5. The summed E-state index contributed by atoms with van der Waals surface area (Å²) in [7, 11) is 1.53. The van der Waals surface area contributed by atoms with Crippen molar-refractivity contribution in [3.63, 3.8) is 0 Å². The summed E-state index contributed by atoms with van der Waals surface area (Å²) in [6, 6.07) is 12.6. The Hall–Kier alpha value is -3.14. The number of aliphatic imine (C=N–C) groups is 1. The van der Waals surface area contributed by atoms with Gasteiger partial charge in [0.2, 0.25) is 5.91 Å². The molecule has 0 unspecified atom stereocenters. The fourth-order valence-corrected chi connectivity index (χ4v) is 5.15. The van der Waals surface area contributed by atoms with Crippen molar-refractivity contribution in [3.8, 4) is 0 Å². The molecule has 10 heteroatoms. The number of hydrogen-bond acceptors (Lipinski definition) is 7. The lowest BCUT2D eigenvalue weighted by molar-refractivity contribution is -0.141. The maximum atomic E-state index is 13.2. The smallest absolute Gasteiger partial charge is 0.338 e. The van der Waals surface area contributed by atoms with Crippen molar-refractivity contribution in [3.05, 3.63) is 92.9 Å². The molecule has 1 amide bonds. The van der Waals surface area contributed by atoms with Gasteiger partial charge in [0.15, 0.2) is 5.17 Å². The zero-order chi connectivity index (χ0) is 25.7. The van der Waals surface area contributed by atoms with E-state index in [1.807, 2.05) is 28.5 Å². The number of benzene rings is 2. The first-order valence-electron chi connectivity index (χ1n) is 11.2. The molecule has 2 aromatic carbocycles. The predicted molar refractivity (Wildman–Crippen MR) is 138 cm³/mol. The Kier molecular flexibility index (Phi) is 8.45. The summed E-state index contributed by atoms with van der Waals surface area (Å²) in [6.07, 6.45) is 0.0548. The molecule has 2 heterocycles. The molecule has 0 fully saturated rings. The summed E-state index contributed by atoms with van der Waals surface area (Å²) in [5.41, 5.74) is 3.03. The molecule has 188 valence electrons. The zero-order valence-corrected chi connectivity index (χ0v) is 21.4. The van der Waals surface area contributed by atoms with Gasteiger partial charge in [0.25, 0.3) is 0 Å². The number of nitrogens with zero attached hydrogens (tertiary/aromatic N) is 2. The van der Waals surface area contributed by atoms with Gasteiger partial charge in [-0.2, -0.15) is 0 Å². The second-order valence-corrected chi connectivity index (χ2v) is 9.37.